The predicted octanol–water partition coefficient (Wildman–Crippen LogP) is 5.08. The minimum absolute atomic E-state index is 0.107. The minimum atomic E-state index is 0.107. The van der Waals surface area contributed by atoms with Gasteiger partial charge in [0.15, 0.2) is 17.1 Å². The summed E-state index contributed by atoms with van der Waals surface area (Å²) < 4.78 is 3.68. The zero-order chi connectivity index (χ0) is 20.2. The lowest BCUT2D eigenvalue weighted by atomic mass is 9.87. The second kappa shape index (κ2) is 6.39. The number of hydrogen-bond donors (Lipinski definition) is 0. The van der Waals surface area contributed by atoms with Crippen molar-refractivity contribution in [2.24, 2.45) is 0 Å². The zero-order valence-corrected chi connectivity index (χ0v) is 17.1. The normalized spacial score (nSPS) is 12.1. The molecule has 0 aliphatic heterocycles. The van der Waals surface area contributed by atoms with Crippen LogP contribution in [0, 0.1) is 0 Å². The number of rotatable bonds is 2. The molecule has 5 aromatic rings. The first-order valence-corrected chi connectivity index (χ1v) is 9.74. The third kappa shape index (κ3) is 2.96. The van der Waals surface area contributed by atoms with Crippen molar-refractivity contribution in [3.8, 4) is 17.1 Å². The Morgan fingerprint density at radius 3 is 2.28 bits per heavy atom. The lowest BCUT2D eigenvalue weighted by Crippen LogP contribution is -2.10. The highest BCUT2D eigenvalue weighted by atomic mass is 35.5. The van der Waals surface area contributed by atoms with Crippen LogP contribution < -0.4 is 0 Å². The van der Waals surface area contributed by atoms with E-state index >= 15 is 0 Å². The van der Waals surface area contributed by atoms with Crippen molar-refractivity contribution in [2.45, 2.75) is 26.2 Å². The lowest BCUT2D eigenvalue weighted by molar-refractivity contribution is 0.590. The molecule has 0 atom stereocenters. The molecule has 0 fully saturated rings. The minimum Gasteiger partial charge on any atom is -0.265 e. The number of fused-ring (bicyclic) bond motifs is 3. The van der Waals surface area contributed by atoms with Crippen LogP contribution in [0.25, 0.3) is 33.8 Å². The molecule has 3 heterocycles. The van der Waals surface area contributed by atoms with Gasteiger partial charge in [-0.15, -0.1) is 10.2 Å². The van der Waals surface area contributed by atoms with Gasteiger partial charge in [-0.3, -0.25) is 4.40 Å². The summed E-state index contributed by atoms with van der Waals surface area (Å²) in [7, 11) is 0. The molecule has 2 aromatic carbocycles. The summed E-state index contributed by atoms with van der Waals surface area (Å²) in [6.45, 7) is 6.61. The Bertz CT molecular complexity index is 1320. The molecule has 0 amide bonds. The van der Waals surface area contributed by atoms with Crippen LogP contribution in [-0.2, 0) is 5.41 Å². The maximum absolute atomic E-state index is 6.00. The van der Waals surface area contributed by atoms with E-state index in [-0.39, 0.29) is 5.41 Å². The Kier molecular flexibility index (Phi) is 3.93. The van der Waals surface area contributed by atoms with Crippen LogP contribution >= 0.6 is 11.6 Å². The van der Waals surface area contributed by atoms with Gasteiger partial charge >= 0.3 is 0 Å². The molecule has 7 heteroatoms. The summed E-state index contributed by atoms with van der Waals surface area (Å²) in [5.41, 5.74) is 4.72. The number of aromatic nitrogens is 6. The molecule has 0 saturated carbocycles. The third-order valence-corrected chi connectivity index (χ3v) is 5.31. The maximum atomic E-state index is 6.00. The fourth-order valence-corrected chi connectivity index (χ4v) is 3.53. The molecule has 0 unspecified atom stereocenters. The summed E-state index contributed by atoms with van der Waals surface area (Å²) in [4.78, 5) is 4.63. The Balaban J connectivity index is 1.62. The first-order valence-electron chi connectivity index (χ1n) is 9.36. The van der Waals surface area contributed by atoms with E-state index in [0.29, 0.717) is 5.02 Å². The Morgan fingerprint density at radius 1 is 0.862 bits per heavy atom. The standard InChI is InChI=1S/C22H19ClN6/c1-22(2,3)15-6-4-14(5-7-15)19-26-27-21-18-12-25-29(20(18)24-13-28(19)21)17-10-8-16(23)9-11-17/h4-13H,1-3H3. The molecule has 0 spiro atoms. The largest absolute Gasteiger partial charge is 0.265 e. The molecule has 0 N–H and O–H groups in total. The fraction of sp³-hybridized carbons (Fsp3) is 0.182. The molecular weight excluding hydrogens is 384 g/mol. The molecule has 0 saturated heterocycles. The molecule has 0 bridgehead atoms. The highest BCUT2D eigenvalue weighted by Crippen LogP contribution is 2.27. The van der Waals surface area contributed by atoms with Gasteiger partial charge in [0, 0.05) is 10.6 Å². The average Bonchev–Trinajstić information content (AvgIpc) is 3.32. The molecule has 144 valence electrons. The Morgan fingerprint density at radius 2 is 1.59 bits per heavy atom. The highest BCUT2D eigenvalue weighted by Gasteiger charge is 2.17. The number of nitrogens with zero attached hydrogens (tertiary/aromatic N) is 6. The van der Waals surface area contributed by atoms with Crippen molar-refractivity contribution in [1.82, 2.24) is 29.4 Å². The van der Waals surface area contributed by atoms with Gasteiger partial charge in [-0.25, -0.2) is 9.67 Å². The molecule has 6 nitrogen and oxygen atoms in total. The van der Waals surface area contributed by atoms with E-state index in [0.717, 1.165) is 33.8 Å². The van der Waals surface area contributed by atoms with E-state index in [9.17, 15) is 0 Å². The second-order valence-corrected chi connectivity index (χ2v) is 8.50. The van der Waals surface area contributed by atoms with E-state index in [1.54, 1.807) is 17.2 Å². The molecule has 0 aliphatic carbocycles. The van der Waals surface area contributed by atoms with Gasteiger partial charge < -0.3 is 0 Å². The molecule has 0 radical (unpaired) electrons. The molecular formula is C22H19ClN6. The van der Waals surface area contributed by atoms with Crippen molar-refractivity contribution in [1.29, 1.82) is 0 Å². The van der Waals surface area contributed by atoms with Gasteiger partial charge in [0.1, 0.15) is 6.33 Å². The van der Waals surface area contributed by atoms with Crippen LogP contribution in [0.1, 0.15) is 26.3 Å². The van der Waals surface area contributed by atoms with Crippen LogP contribution in [0.15, 0.2) is 61.1 Å². The molecule has 0 aliphatic rings. The summed E-state index contributed by atoms with van der Waals surface area (Å²) >= 11 is 6.00. The van der Waals surface area contributed by atoms with E-state index < -0.39 is 0 Å². The van der Waals surface area contributed by atoms with E-state index in [2.05, 4.69) is 65.3 Å². The highest BCUT2D eigenvalue weighted by molar-refractivity contribution is 6.30. The van der Waals surface area contributed by atoms with Gasteiger partial charge in [-0.2, -0.15) is 5.10 Å². The Labute approximate surface area is 172 Å². The van der Waals surface area contributed by atoms with E-state index in [4.69, 9.17) is 11.6 Å². The topological polar surface area (TPSA) is 60.9 Å². The van der Waals surface area contributed by atoms with Crippen molar-refractivity contribution < 1.29 is 0 Å². The van der Waals surface area contributed by atoms with Crippen LogP contribution in [0.5, 0.6) is 0 Å². The van der Waals surface area contributed by atoms with Gasteiger partial charge in [0.2, 0.25) is 0 Å². The molecule has 3 aromatic heterocycles. The summed E-state index contributed by atoms with van der Waals surface area (Å²) in [5, 5.41) is 14.9. The first kappa shape index (κ1) is 17.8. The maximum Gasteiger partial charge on any atom is 0.175 e. The van der Waals surface area contributed by atoms with Crippen LogP contribution in [-0.4, -0.2) is 29.4 Å². The molecule has 29 heavy (non-hydrogen) atoms. The average molecular weight is 403 g/mol. The summed E-state index contributed by atoms with van der Waals surface area (Å²) in [6.07, 6.45) is 3.52. The quantitative estimate of drug-likeness (QED) is 0.413. The lowest BCUT2D eigenvalue weighted by Gasteiger charge is -2.18. The summed E-state index contributed by atoms with van der Waals surface area (Å²) in [5.74, 6) is 0.758. The van der Waals surface area contributed by atoms with Gasteiger partial charge in [-0.1, -0.05) is 56.6 Å². The number of benzene rings is 2. The smallest absolute Gasteiger partial charge is 0.175 e. The first-order chi connectivity index (χ1) is 13.9. The van der Waals surface area contributed by atoms with Crippen molar-refractivity contribution >= 4 is 28.3 Å². The van der Waals surface area contributed by atoms with Crippen molar-refractivity contribution in [3.63, 3.8) is 0 Å². The monoisotopic (exact) mass is 402 g/mol. The SMILES string of the molecule is CC(C)(C)c1ccc(-c2nnc3c4cnn(-c5ccc(Cl)cc5)c4ncn23)cc1. The van der Waals surface area contributed by atoms with Gasteiger partial charge in [0.05, 0.1) is 17.3 Å². The zero-order valence-electron chi connectivity index (χ0n) is 16.3. The van der Waals surface area contributed by atoms with E-state index in [1.807, 2.05) is 28.7 Å². The number of halogens is 1. The van der Waals surface area contributed by atoms with Crippen LogP contribution in [0.3, 0.4) is 0 Å². The van der Waals surface area contributed by atoms with E-state index in [1.165, 1.54) is 5.56 Å². The third-order valence-electron chi connectivity index (χ3n) is 5.06. The number of hydrogen-bond acceptors (Lipinski definition) is 4. The van der Waals surface area contributed by atoms with Crippen LogP contribution in [0.2, 0.25) is 5.02 Å². The van der Waals surface area contributed by atoms with Crippen molar-refractivity contribution in [2.75, 3.05) is 0 Å². The second-order valence-electron chi connectivity index (χ2n) is 8.06. The fourth-order valence-electron chi connectivity index (χ4n) is 3.41. The summed E-state index contributed by atoms with van der Waals surface area (Å²) in [6, 6.07) is 15.9. The van der Waals surface area contributed by atoms with Gasteiger partial charge in [-0.05, 0) is 35.2 Å². The van der Waals surface area contributed by atoms with Gasteiger partial charge in [0.25, 0.3) is 0 Å². The Hall–Kier alpha value is -3.25. The van der Waals surface area contributed by atoms with Crippen LogP contribution in [0.4, 0.5) is 0 Å². The predicted molar refractivity (Wildman–Crippen MR) is 115 cm³/mol. The van der Waals surface area contributed by atoms with Crippen molar-refractivity contribution in [3.05, 3.63) is 71.6 Å². The molecule has 5 rings (SSSR count).